The fourth-order valence-corrected chi connectivity index (χ4v) is 3.22. The van der Waals surface area contributed by atoms with Gasteiger partial charge in [0.15, 0.2) is 6.29 Å². The Labute approximate surface area is 183 Å². The Morgan fingerprint density at radius 1 is 0.938 bits per heavy atom. The predicted octanol–water partition coefficient (Wildman–Crippen LogP) is 5.87. The van der Waals surface area contributed by atoms with E-state index >= 15 is 0 Å². The largest absolute Gasteiger partial charge is 0.488 e. The Balaban J connectivity index is 2.03. The average Bonchev–Trinajstić information content (AvgIpc) is 2.78. The maximum Gasteiger partial charge on any atom is 0.416 e. The van der Waals surface area contributed by atoms with Gasteiger partial charge in [0.25, 0.3) is 0 Å². The third kappa shape index (κ3) is 5.75. The van der Waals surface area contributed by atoms with E-state index in [4.69, 9.17) is 9.47 Å². The highest BCUT2D eigenvalue weighted by Gasteiger charge is 2.31. The molecule has 3 aromatic carbocycles. The smallest absolute Gasteiger partial charge is 0.416 e. The number of halogens is 3. The van der Waals surface area contributed by atoms with Crippen molar-refractivity contribution in [3.05, 3.63) is 89.0 Å². The monoisotopic (exact) mass is 442 g/mol. The van der Waals surface area contributed by atoms with Crippen LogP contribution in [0.5, 0.6) is 5.75 Å². The third-order valence-corrected chi connectivity index (χ3v) is 4.73. The Morgan fingerprint density at radius 3 is 2.34 bits per heavy atom. The molecule has 0 aliphatic heterocycles. The van der Waals surface area contributed by atoms with Gasteiger partial charge in [0.2, 0.25) is 0 Å². The Morgan fingerprint density at radius 2 is 1.69 bits per heavy atom. The summed E-state index contributed by atoms with van der Waals surface area (Å²) in [5, 5.41) is 0. The zero-order chi connectivity index (χ0) is 23.1. The Hall–Kier alpha value is -3.61. The average molecular weight is 442 g/mol. The van der Waals surface area contributed by atoms with Crippen molar-refractivity contribution in [3.63, 3.8) is 0 Å². The van der Waals surface area contributed by atoms with Gasteiger partial charge in [-0.1, -0.05) is 42.5 Å². The lowest BCUT2D eigenvalue weighted by atomic mass is 9.95. The van der Waals surface area contributed by atoms with Gasteiger partial charge < -0.3 is 9.47 Å². The molecular formula is C25H21F3O4. The minimum Gasteiger partial charge on any atom is -0.488 e. The van der Waals surface area contributed by atoms with Crippen LogP contribution in [0.25, 0.3) is 11.1 Å². The summed E-state index contributed by atoms with van der Waals surface area (Å²) in [7, 11) is 0. The van der Waals surface area contributed by atoms with Gasteiger partial charge in [0.05, 0.1) is 18.6 Å². The first-order valence-electron chi connectivity index (χ1n) is 9.94. The molecule has 0 heterocycles. The summed E-state index contributed by atoms with van der Waals surface area (Å²) in [6, 6.07) is 17.3. The van der Waals surface area contributed by atoms with Gasteiger partial charge in [-0.05, 0) is 47.9 Å². The standard InChI is InChI=1S/C25H21F3O4/c1-2-31-24(30)13-18-8-11-23(32-16-17-6-4-3-5-7-17)22(12-18)21-10-9-20(25(26,27)28)14-19(21)15-29/h3-12,14-15H,2,13,16H2,1H3. The van der Waals surface area contributed by atoms with Gasteiger partial charge in [-0.15, -0.1) is 0 Å². The minimum absolute atomic E-state index is 0.0170. The van der Waals surface area contributed by atoms with Crippen LogP contribution >= 0.6 is 0 Å². The van der Waals surface area contributed by atoms with Gasteiger partial charge in [-0.3, -0.25) is 9.59 Å². The SMILES string of the molecule is CCOC(=O)Cc1ccc(OCc2ccccc2)c(-c2ccc(C(F)(F)F)cc2C=O)c1. The van der Waals surface area contributed by atoms with Crippen LogP contribution in [-0.2, 0) is 28.7 Å². The second kappa shape index (κ2) is 10.1. The molecule has 32 heavy (non-hydrogen) atoms. The van der Waals surface area contributed by atoms with Crippen molar-refractivity contribution in [1.82, 2.24) is 0 Å². The third-order valence-electron chi connectivity index (χ3n) is 4.73. The lowest BCUT2D eigenvalue weighted by molar-refractivity contribution is -0.142. The van der Waals surface area contributed by atoms with Gasteiger partial charge in [0.1, 0.15) is 12.4 Å². The highest BCUT2D eigenvalue weighted by Crippen LogP contribution is 2.37. The van der Waals surface area contributed by atoms with Crippen molar-refractivity contribution in [3.8, 4) is 16.9 Å². The summed E-state index contributed by atoms with van der Waals surface area (Å²) >= 11 is 0. The summed E-state index contributed by atoms with van der Waals surface area (Å²) in [6.45, 7) is 2.16. The summed E-state index contributed by atoms with van der Waals surface area (Å²) < 4.78 is 50.2. The van der Waals surface area contributed by atoms with Crippen LogP contribution < -0.4 is 4.74 Å². The van der Waals surface area contributed by atoms with Crippen LogP contribution in [0.2, 0.25) is 0 Å². The van der Waals surface area contributed by atoms with E-state index < -0.39 is 17.7 Å². The molecule has 0 bridgehead atoms. The van der Waals surface area contributed by atoms with Crippen molar-refractivity contribution in [1.29, 1.82) is 0 Å². The van der Waals surface area contributed by atoms with E-state index in [1.54, 1.807) is 25.1 Å². The van der Waals surface area contributed by atoms with Crippen LogP contribution in [-0.4, -0.2) is 18.9 Å². The molecule has 7 heteroatoms. The second-order valence-corrected chi connectivity index (χ2v) is 7.00. The van der Waals surface area contributed by atoms with Crippen molar-refractivity contribution in [2.45, 2.75) is 26.1 Å². The van der Waals surface area contributed by atoms with Crippen molar-refractivity contribution in [2.24, 2.45) is 0 Å². The number of hydrogen-bond acceptors (Lipinski definition) is 4. The molecule has 3 rings (SSSR count). The maximum atomic E-state index is 13.1. The zero-order valence-corrected chi connectivity index (χ0v) is 17.3. The molecule has 0 fully saturated rings. The highest BCUT2D eigenvalue weighted by molar-refractivity contribution is 5.90. The first kappa shape index (κ1) is 23.1. The number of alkyl halides is 3. The molecule has 0 saturated heterocycles. The minimum atomic E-state index is -4.57. The number of rotatable bonds is 8. The topological polar surface area (TPSA) is 52.6 Å². The number of ether oxygens (including phenoxy) is 2. The van der Waals surface area contributed by atoms with E-state index in [0.717, 1.165) is 17.7 Å². The fourth-order valence-electron chi connectivity index (χ4n) is 3.22. The molecule has 0 N–H and O–H groups in total. The van der Waals surface area contributed by atoms with Crippen molar-refractivity contribution >= 4 is 12.3 Å². The molecule has 0 aliphatic rings. The van der Waals surface area contributed by atoms with Crippen LogP contribution in [0.15, 0.2) is 66.7 Å². The summed E-state index contributed by atoms with van der Waals surface area (Å²) in [5.74, 6) is -0.0521. The van der Waals surface area contributed by atoms with E-state index in [2.05, 4.69) is 0 Å². The molecule has 3 aromatic rings. The number of hydrogen-bond donors (Lipinski definition) is 0. The quantitative estimate of drug-likeness (QED) is 0.323. The molecule has 0 aliphatic carbocycles. The highest BCUT2D eigenvalue weighted by atomic mass is 19.4. The summed E-state index contributed by atoms with van der Waals surface area (Å²) in [5.41, 5.74) is 1.13. The number of benzene rings is 3. The number of carbonyl (C=O) groups excluding carboxylic acids is 2. The number of aldehydes is 1. The Kier molecular flexibility index (Phi) is 7.30. The summed E-state index contributed by atoms with van der Waals surface area (Å²) in [6.07, 6.45) is -4.21. The molecule has 0 amide bonds. The normalized spacial score (nSPS) is 11.1. The lowest BCUT2D eigenvalue weighted by Crippen LogP contribution is -2.08. The molecule has 0 saturated carbocycles. The van der Waals surface area contributed by atoms with Crippen LogP contribution in [0, 0.1) is 0 Å². The maximum absolute atomic E-state index is 13.1. The number of esters is 1. The van der Waals surface area contributed by atoms with Gasteiger partial charge >= 0.3 is 12.1 Å². The zero-order valence-electron chi connectivity index (χ0n) is 17.3. The first-order chi connectivity index (χ1) is 15.3. The molecular weight excluding hydrogens is 421 g/mol. The second-order valence-electron chi connectivity index (χ2n) is 7.00. The first-order valence-corrected chi connectivity index (χ1v) is 9.94. The molecule has 0 spiro atoms. The van der Waals surface area contributed by atoms with E-state index in [-0.39, 0.29) is 30.8 Å². The van der Waals surface area contributed by atoms with E-state index in [1.165, 1.54) is 6.07 Å². The molecule has 0 unspecified atom stereocenters. The van der Waals surface area contributed by atoms with Crippen molar-refractivity contribution < 1.29 is 32.2 Å². The number of carbonyl (C=O) groups is 2. The Bertz CT molecular complexity index is 1090. The lowest BCUT2D eigenvalue weighted by Gasteiger charge is -2.16. The van der Waals surface area contributed by atoms with E-state index in [0.29, 0.717) is 23.2 Å². The molecule has 0 aromatic heterocycles. The molecule has 0 radical (unpaired) electrons. The van der Waals surface area contributed by atoms with Crippen LogP contribution in [0.3, 0.4) is 0 Å². The molecule has 4 nitrogen and oxygen atoms in total. The summed E-state index contributed by atoms with van der Waals surface area (Å²) in [4.78, 5) is 23.5. The van der Waals surface area contributed by atoms with E-state index in [1.807, 2.05) is 30.3 Å². The molecule has 166 valence electrons. The van der Waals surface area contributed by atoms with Crippen LogP contribution in [0.1, 0.15) is 34.0 Å². The fraction of sp³-hybridized carbons (Fsp3) is 0.200. The van der Waals surface area contributed by atoms with E-state index in [9.17, 15) is 22.8 Å². The van der Waals surface area contributed by atoms with Gasteiger partial charge in [-0.25, -0.2) is 0 Å². The van der Waals surface area contributed by atoms with Gasteiger partial charge in [-0.2, -0.15) is 13.2 Å². The molecule has 0 atom stereocenters. The van der Waals surface area contributed by atoms with Gasteiger partial charge in [0, 0.05) is 11.1 Å². The predicted molar refractivity (Wildman–Crippen MR) is 113 cm³/mol. The van der Waals surface area contributed by atoms with Crippen LogP contribution in [0.4, 0.5) is 13.2 Å². The van der Waals surface area contributed by atoms with Crippen molar-refractivity contribution in [2.75, 3.05) is 6.61 Å².